The maximum absolute atomic E-state index is 12.4. The molecule has 5 heteroatoms. The van der Waals surface area contributed by atoms with Crippen LogP contribution in [0.15, 0.2) is 11.6 Å². The summed E-state index contributed by atoms with van der Waals surface area (Å²) in [5.74, 6) is 0.0380. The van der Waals surface area contributed by atoms with Gasteiger partial charge in [0, 0.05) is 20.0 Å². The Morgan fingerprint density at radius 3 is 2.60 bits per heavy atom. The zero-order chi connectivity index (χ0) is 18.7. The predicted molar refractivity (Wildman–Crippen MR) is 97.2 cm³/mol. The third-order valence-corrected chi connectivity index (χ3v) is 4.25. The molecule has 0 bridgehead atoms. The van der Waals surface area contributed by atoms with Gasteiger partial charge in [0.1, 0.15) is 6.61 Å². The lowest BCUT2D eigenvalue weighted by molar-refractivity contribution is -0.175. The maximum Gasteiger partial charge on any atom is 0.303 e. The van der Waals surface area contributed by atoms with Gasteiger partial charge in [-0.2, -0.15) is 0 Å². The summed E-state index contributed by atoms with van der Waals surface area (Å²) in [6, 6.07) is 0. The van der Waals surface area contributed by atoms with E-state index in [4.69, 9.17) is 14.2 Å². The first-order valence-corrected chi connectivity index (χ1v) is 9.47. The normalized spacial score (nSPS) is 19.7. The molecule has 0 spiro atoms. The molecule has 2 atom stereocenters. The number of carbonyl (C=O) groups is 2. The fourth-order valence-electron chi connectivity index (χ4n) is 2.76. The minimum absolute atomic E-state index is 0.0805. The Morgan fingerprint density at radius 1 is 1.24 bits per heavy atom. The summed E-state index contributed by atoms with van der Waals surface area (Å²) < 4.78 is 16.2. The van der Waals surface area contributed by atoms with Gasteiger partial charge < -0.3 is 14.2 Å². The molecule has 0 aromatic carbocycles. The van der Waals surface area contributed by atoms with Crippen LogP contribution < -0.4 is 0 Å². The fraction of sp³-hybridized carbons (Fsp3) is 0.800. The highest BCUT2D eigenvalue weighted by atomic mass is 16.7. The fourth-order valence-corrected chi connectivity index (χ4v) is 2.76. The largest absolute Gasteiger partial charge is 0.454 e. The number of hydrogen-bond donors (Lipinski definition) is 0. The van der Waals surface area contributed by atoms with Crippen LogP contribution in [0.25, 0.3) is 0 Å². The molecule has 5 nitrogen and oxygen atoms in total. The molecule has 0 aromatic rings. The number of hydrogen-bond acceptors (Lipinski definition) is 5. The molecule has 2 unspecified atom stereocenters. The van der Waals surface area contributed by atoms with E-state index in [1.807, 2.05) is 6.08 Å². The van der Waals surface area contributed by atoms with Crippen molar-refractivity contribution in [2.45, 2.75) is 85.0 Å². The van der Waals surface area contributed by atoms with Crippen molar-refractivity contribution in [2.75, 3.05) is 13.2 Å². The molecule has 0 N–H and O–H groups in total. The predicted octanol–water partition coefficient (Wildman–Crippen LogP) is 4.19. The van der Waals surface area contributed by atoms with E-state index in [9.17, 15) is 9.59 Å². The first-order chi connectivity index (χ1) is 11.9. The summed E-state index contributed by atoms with van der Waals surface area (Å²) in [7, 11) is 0. The molecule has 1 aliphatic rings. The van der Waals surface area contributed by atoms with E-state index in [2.05, 4.69) is 20.8 Å². The van der Waals surface area contributed by atoms with E-state index in [-0.39, 0.29) is 18.7 Å². The lowest BCUT2D eigenvalue weighted by Crippen LogP contribution is -2.32. The van der Waals surface area contributed by atoms with Crippen molar-refractivity contribution >= 4 is 11.8 Å². The summed E-state index contributed by atoms with van der Waals surface area (Å²) in [5.41, 5.74) is 1.22. The van der Waals surface area contributed by atoms with Gasteiger partial charge in [0.15, 0.2) is 18.2 Å². The summed E-state index contributed by atoms with van der Waals surface area (Å²) in [5, 5.41) is 0. The van der Waals surface area contributed by atoms with Gasteiger partial charge in [-0.05, 0) is 44.9 Å². The van der Waals surface area contributed by atoms with E-state index < -0.39 is 12.1 Å². The Balaban J connectivity index is 2.45. The van der Waals surface area contributed by atoms with E-state index in [0.29, 0.717) is 18.9 Å². The Bertz CT molecular complexity index is 435. The molecule has 0 aliphatic carbocycles. The monoisotopic (exact) mass is 354 g/mol. The molecular weight excluding hydrogens is 320 g/mol. The first kappa shape index (κ1) is 21.8. The number of ether oxygens (including phenoxy) is 3. The Hall–Kier alpha value is -1.20. The van der Waals surface area contributed by atoms with Crippen LogP contribution in [0.5, 0.6) is 0 Å². The highest BCUT2D eigenvalue weighted by Gasteiger charge is 2.23. The van der Waals surface area contributed by atoms with Crippen molar-refractivity contribution in [3.05, 3.63) is 11.6 Å². The molecule has 0 aromatic heterocycles. The first-order valence-electron chi connectivity index (χ1n) is 9.47. The lowest BCUT2D eigenvalue weighted by Gasteiger charge is -2.23. The van der Waals surface area contributed by atoms with Crippen molar-refractivity contribution in [1.82, 2.24) is 0 Å². The molecule has 0 amide bonds. The third kappa shape index (κ3) is 10.4. The van der Waals surface area contributed by atoms with Crippen molar-refractivity contribution in [3.63, 3.8) is 0 Å². The molecule has 1 heterocycles. The second-order valence-corrected chi connectivity index (χ2v) is 7.24. The zero-order valence-electron chi connectivity index (χ0n) is 16.2. The smallest absolute Gasteiger partial charge is 0.303 e. The Morgan fingerprint density at radius 2 is 2.00 bits per heavy atom. The number of carbonyl (C=O) groups excluding carboxylic acids is 2. The molecule has 25 heavy (non-hydrogen) atoms. The number of rotatable bonds is 11. The quantitative estimate of drug-likeness (QED) is 0.411. The minimum Gasteiger partial charge on any atom is -0.454 e. The standard InChI is InChI=1S/C20H34O5/c1-15(2)8-7-9-16(3)11-12-19(25-17(4)21)18(22)14-24-20-10-5-6-13-23-20/h11,15,19-20H,5-10,12-14H2,1-4H3. The Labute approximate surface area is 152 Å². The summed E-state index contributed by atoms with van der Waals surface area (Å²) in [6.45, 7) is 8.40. The maximum atomic E-state index is 12.4. The van der Waals surface area contributed by atoms with Gasteiger partial charge in [0.25, 0.3) is 0 Å². The third-order valence-electron chi connectivity index (χ3n) is 4.25. The number of allylic oxidation sites excluding steroid dienone is 1. The molecule has 0 saturated carbocycles. The van der Waals surface area contributed by atoms with E-state index in [0.717, 1.165) is 32.1 Å². The van der Waals surface area contributed by atoms with Crippen molar-refractivity contribution < 1.29 is 23.8 Å². The summed E-state index contributed by atoms with van der Waals surface area (Å²) in [4.78, 5) is 23.6. The van der Waals surface area contributed by atoms with Crippen LogP contribution >= 0.6 is 0 Å². The molecule has 1 fully saturated rings. The van der Waals surface area contributed by atoms with E-state index >= 15 is 0 Å². The van der Waals surface area contributed by atoms with E-state index in [1.54, 1.807) is 0 Å². The van der Waals surface area contributed by atoms with E-state index in [1.165, 1.54) is 18.9 Å². The van der Waals surface area contributed by atoms with Gasteiger partial charge >= 0.3 is 5.97 Å². The van der Waals surface area contributed by atoms with Crippen LogP contribution in [-0.2, 0) is 23.8 Å². The van der Waals surface area contributed by atoms with Crippen LogP contribution in [0.3, 0.4) is 0 Å². The second-order valence-electron chi connectivity index (χ2n) is 7.24. The summed E-state index contributed by atoms with van der Waals surface area (Å²) >= 11 is 0. The van der Waals surface area contributed by atoms with Crippen LogP contribution in [0.4, 0.5) is 0 Å². The van der Waals surface area contributed by atoms with Crippen molar-refractivity contribution in [2.24, 2.45) is 5.92 Å². The number of ketones is 1. The van der Waals surface area contributed by atoms with Crippen molar-refractivity contribution in [3.8, 4) is 0 Å². The zero-order valence-corrected chi connectivity index (χ0v) is 16.2. The average Bonchev–Trinajstić information content (AvgIpc) is 2.56. The van der Waals surface area contributed by atoms with Crippen LogP contribution in [-0.4, -0.2) is 37.4 Å². The SMILES string of the molecule is CC(=O)OC(CC=C(C)CCCC(C)C)C(=O)COC1CCCCO1. The lowest BCUT2D eigenvalue weighted by atomic mass is 10.0. The minimum atomic E-state index is -0.777. The molecule has 1 saturated heterocycles. The number of esters is 1. The van der Waals surface area contributed by atoms with Gasteiger partial charge in [-0.1, -0.05) is 31.9 Å². The molecular formula is C20H34O5. The highest BCUT2D eigenvalue weighted by molar-refractivity contribution is 5.86. The van der Waals surface area contributed by atoms with Gasteiger partial charge in [0.2, 0.25) is 0 Å². The van der Waals surface area contributed by atoms with Gasteiger partial charge in [-0.25, -0.2) is 0 Å². The summed E-state index contributed by atoms with van der Waals surface area (Å²) in [6.07, 6.45) is 7.52. The number of Topliss-reactive ketones (excluding diaryl/α,β-unsaturated/α-hetero) is 1. The molecule has 144 valence electrons. The second kappa shape index (κ2) is 12.2. The Kier molecular flexibility index (Phi) is 10.7. The topological polar surface area (TPSA) is 61.8 Å². The highest BCUT2D eigenvalue weighted by Crippen LogP contribution is 2.16. The molecule has 0 radical (unpaired) electrons. The molecule has 1 aliphatic heterocycles. The van der Waals surface area contributed by atoms with Gasteiger partial charge in [-0.15, -0.1) is 0 Å². The van der Waals surface area contributed by atoms with Gasteiger partial charge in [-0.3, -0.25) is 9.59 Å². The van der Waals surface area contributed by atoms with Gasteiger partial charge in [0.05, 0.1) is 0 Å². The molecule has 1 rings (SSSR count). The van der Waals surface area contributed by atoms with Crippen LogP contribution in [0, 0.1) is 5.92 Å². The van der Waals surface area contributed by atoms with Crippen LogP contribution in [0.2, 0.25) is 0 Å². The van der Waals surface area contributed by atoms with Crippen LogP contribution in [0.1, 0.15) is 72.6 Å². The average molecular weight is 354 g/mol. The van der Waals surface area contributed by atoms with Crippen molar-refractivity contribution in [1.29, 1.82) is 0 Å².